The smallest absolute Gasteiger partial charge is 0.254 e. The van der Waals surface area contributed by atoms with Crippen molar-refractivity contribution in [1.29, 1.82) is 0 Å². The van der Waals surface area contributed by atoms with E-state index in [0.29, 0.717) is 23.3 Å². The number of rotatable bonds is 3. The molecule has 1 saturated heterocycles. The van der Waals surface area contributed by atoms with Gasteiger partial charge in [-0.3, -0.25) is 4.79 Å². The molecule has 2 N–H and O–H groups in total. The number of hydrogen-bond acceptors (Lipinski definition) is 4. The fourth-order valence-corrected chi connectivity index (χ4v) is 4.62. The Labute approximate surface area is 155 Å². The van der Waals surface area contributed by atoms with Crippen LogP contribution in [0.5, 0.6) is 5.88 Å². The molecule has 1 aromatic heterocycles. The third-order valence-electron chi connectivity index (χ3n) is 6.02. The molecular weight excluding hydrogens is 338 g/mol. The van der Waals surface area contributed by atoms with Crippen LogP contribution < -0.4 is 10.5 Å². The van der Waals surface area contributed by atoms with Crippen LogP contribution in [0.15, 0.2) is 18.3 Å². The Morgan fingerprint density at radius 2 is 1.96 bits per heavy atom. The highest BCUT2D eigenvalue weighted by Crippen LogP contribution is 2.37. The van der Waals surface area contributed by atoms with Crippen LogP contribution in [0, 0.1) is 11.8 Å². The quantitative estimate of drug-likeness (QED) is 0.893. The van der Waals surface area contributed by atoms with Crippen molar-refractivity contribution in [1.82, 2.24) is 9.88 Å². The van der Waals surface area contributed by atoms with E-state index in [2.05, 4.69) is 4.98 Å². The third-order valence-corrected chi connectivity index (χ3v) is 6.02. The van der Waals surface area contributed by atoms with E-state index in [-0.39, 0.29) is 30.5 Å². The first-order valence-corrected chi connectivity index (χ1v) is 9.38. The summed E-state index contributed by atoms with van der Waals surface area (Å²) in [5, 5.41) is 0. The normalized spacial score (nSPS) is 29.2. The van der Waals surface area contributed by atoms with Crippen LogP contribution in [0.1, 0.15) is 55.3 Å². The van der Waals surface area contributed by atoms with Crippen LogP contribution in [0.4, 0.5) is 0 Å². The van der Waals surface area contributed by atoms with Gasteiger partial charge in [0, 0.05) is 37.0 Å². The second-order valence-electron chi connectivity index (χ2n) is 7.64. The van der Waals surface area contributed by atoms with Crippen LogP contribution >= 0.6 is 12.4 Å². The van der Waals surface area contributed by atoms with Gasteiger partial charge in [-0.1, -0.05) is 6.42 Å². The van der Waals surface area contributed by atoms with E-state index in [4.69, 9.17) is 10.5 Å². The van der Waals surface area contributed by atoms with E-state index in [9.17, 15) is 4.79 Å². The second-order valence-corrected chi connectivity index (χ2v) is 7.64. The number of aromatic nitrogens is 1. The van der Waals surface area contributed by atoms with Gasteiger partial charge in [-0.05, 0) is 56.4 Å². The molecule has 1 aliphatic heterocycles. The highest BCUT2D eigenvalue weighted by Gasteiger charge is 2.42. The fourth-order valence-electron chi connectivity index (χ4n) is 4.62. The van der Waals surface area contributed by atoms with E-state index in [1.54, 1.807) is 12.3 Å². The zero-order chi connectivity index (χ0) is 16.5. The first-order chi connectivity index (χ1) is 11.7. The number of likely N-dealkylation sites (tertiary alicyclic amines) is 1. The SMILES string of the molecule is Cl.NC1CCC2CN(C(=O)c3ccnc(OC4CCCCC4)c3)CC12. The average Bonchev–Trinajstić information content (AvgIpc) is 3.18. The van der Waals surface area contributed by atoms with Crippen LogP contribution in [-0.2, 0) is 0 Å². The lowest BCUT2D eigenvalue weighted by molar-refractivity contribution is 0.0778. The van der Waals surface area contributed by atoms with Crippen molar-refractivity contribution in [3.63, 3.8) is 0 Å². The maximum absolute atomic E-state index is 12.8. The lowest BCUT2D eigenvalue weighted by Gasteiger charge is -2.23. The third kappa shape index (κ3) is 3.93. The molecule has 0 bridgehead atoms. The summed E-state index contributed by atoms with van der Waals surface area (Å²) in [4.78, 5) is 19.1. The summed E-state index contributed by atoms with van der Waals surface area (Å²) < 4.78 is 6.00. The molecule has 3 aliphatic rings. The van der Waals surface area contributed by atoms with Crippen molar-refractivity contribution < 1.29 is 9.53 Å². The summed E-state index contributed by atoms with van der Waals surface area (Å²) >= 11 is 0. The molecular formula is C19H28ClN3O2. The minimum atomic E-state index is 0. The Kier molecular flexibility index (Phi) is 5.85. The predicted octanol–water partition coefficient (Wildman–Crippen LogP) is 3.02. The predicted molar refractivity (Wildman–Crippen MR) is 99.1 cm³/mol. The van der Waals surface area contributed by atoms with Crippen LogP contribution in [0.25, 0.3) is 0 Å². The second kappa shape index (κ2) is 7.92. The number of pyridine rings is 1. The zero-order valence-electron chi connectivity index (χ0n) is 14.6. The molecule has 3 fully saturated rings. The lowest BCUT2D eigenvalue weighted by Crippen LogP contribution is -2.33. The monoisotopic (exact) mass is 365 g/mol. The Hall–Kier alpha value is -1.33. The van der Waals surface area contributed by atoms with Gasteiger partial charge >= 0.3 is 0 Å². The van der Waals surface area contributed by atoms with Gasteiger partial charge in [-0.15, -0.1) is 12.4 Å². The maximum atomic E-state index is 12.8. The molecule has 2 saturated carbocycles. The topological polar surface area (TPSA) is 68.5 Å². The number of nitrogens with zero attached hydrogens (tertiary/aromatic N) is 2. The standard InChI is InChI=1S/C19H27N3O2.ClH/c20-17-7-6-14-11-22(12-16(14)17)19(23)13-8-9-21-18(10-13)24-15-4-2-1-3-5-15;/h8-10,14-17H,1-7,11-12,20H2;1H. The number of halogens is 1. The van der Waals surface area contributed by atoms with Gasteiger partial charge in [0.15, 0.2) is 0 Å². The largest absolute Gasteiger partial charge is 0.474 e. The van der Waals surface area contributed by atoms with Crippen molar-refractivity contribution in [2.75, 3.05) is 13.1 Å². The Morgan fingerprint density at radius 3 is 2.72 bits per heavy atom. The minimum Gasteiger partial charge on any atom is -0.474 e. The first kappa shape index (κ1) is 18.5. The number of carbonyl (C=O) groups excluding carboxylic acids is 1. The molecule has 3 atom stereocenters. The van der Waals surface area contributed by atoms with Gasteiger partial charge in [0.1, 0.15) is 6.10 Å². The van der Waals surface area contributed by atoms with Crippen molar-refractivity contribution in [3.8, 4) is 5.88 Å². The Bertz CT molecular complexity index is 606. The first-order valence-electron chi connectivity index (χ1n) is 9.38. The van der Waals surface area contributed by atoms with E-state index in [0.717, 1.165) is 38.8 Å². The summed E-state index contributed by atoms with van der Waals surface area (Å²) in [5.41, 5.74) is 6.87. The minimum absolute atomic E-state index is 0. The average molecular weight is 366 g/mol. The van der Waals surface area contributed by atoms with Crippen LogP contribution in [0.3, 0.4) is 0 Å². The summed E-state index contributed by atoms with van der Waals surface area (Å²) in [6.45, 7) is 1.64. The van der Waals surface area contributed by atoms with Crippen molar-refractivity contribution in [2.45, 2.75) is 57.1 Å². The molecule has 0 aromatic carbocycles. The highest BCUT2D eigenvalue weighted by molar-refractivity contribution is 5.94. The van der Waals surface area contributed by atoms with Crippen molar-refractivity contribution in [2.24, 2.45) is 17.6 Å². The molecule has 5 nitrogen and oxygen atoms in total. The summed E-state index contributed by atoms with van der Waals surface area (Å²) in [6, 6.07) is 3.87. The molecule has 138 valence electrons. The van der Waals surface area contributed by atoms with Gasteiger partial charge < -0.3 is 15.4 Å². The molecule has 6 heteroatoms. The number of ether oxygens (including phenoxy) is 1. The van der Waals surface area contributed by atoms with Crippen LogP contribution in [0.2, 0.25) is 0 Å². The lowest BCUT2D eigenvalue weighted by atomic mass is 9.98. The maximum Gasteiger partial charge on any atom is 0.254 e. The van der Waals surface area contributed by atoms with Crippen LogP contribution in [-0.4, -0.2) is 41.0 Å². The van der Waals surface area contributed by atoms with E-state index in [1.807, 2.05) is 11.0 Å². The van der Waals surface area contributed by atoms with Gasteiger partial charge in [-0.25, -0.2) is 4.98 Å². The Morgan fingerprint density at radius 1 is 1.16 bits per heavy atom. The molecule has 1 aromatic rings. The van der Waals surface area contributed by atoms with Crippen molar-refractivity contribution >= 4 is 18.3 Å². The summed E-state index contributed by atoms with van der Waals surface area (Å²) in [7, 11) is 0. The number of hydrogen-bond donors (Lipinski definition) is 1. The molecule has 1 amide bonds. The molecule has 2 heterocycles. The molecule has 0 radical (unpaired) electrons. The molecule has 3 unspecified atom stereocenters. The van der Waals surface area contributed by atoms with Gasteiger partial charge in [0.05, 0.1) is 0 Å². The fraction of sp³-hybridized carbons (Fsp3) is 0.684. The van der Waals surface area contributed by atoms with E-state index >= 15 is 0 Å². The number of amides is 1. The molecule has 0 spiro atoms. The summed E-state index contributed by atoms with van der Waals surface area (Å²) in [5.74, 6) is 1.74. The van der Waals surface area contributed by atoms with Crippen molar-refractivity contribution in [3.05, 3.63) is 23.9 Å². The molecule has 4 rings (SSSR count). The van der Waals surface area contributed by atoms with Gasteiger partial charge in [-0.2, -0.15) is 0 Å². The number of fused-ring (bicyclic) bond motifs is 1. The van der Waals surface area contributed by atoms with E-state index < -0.39 is 0 Å². The van der Waals surface area contributed by atoms with E-state index in [1.165, 1.54) is 19.3 Å². The Balaban J connectivity index is 0.00000182. The summed E-state index contributed by atoms with van der Waals surface area (Å²) in [6.07, 6.45) is 10.1. The highest BCUT2D eigenvalue weighted by atomic mass is 35.5. The zero-order valence-corrected chi connectivity index (χ0v) is 15.4. The molecule has 25 heavy (non-hydrogen) atoms. The molecule has 2 aliphatic carbocycles. The number of nitrogens with two attached hydrogens (primary N) is 1. The van der Waals surface area contributed by atoms with Gasteiger partial charge in [0.25, 0.3) is 5.91 Å². The van der Waals surface area contributed by atoms with Gasteiger partial charge in [0.2, 0.25) is 5.88 Å². The number of carbonyl (C=O) groups is 1.